The zero-order valence-electron chi connectivity index (χ0n) is 12.2. The third-order valence-corrected chi connectivity index (χ3v) is 4.04. The Labute approximate surface area is 132 Å². The second-order valence-electron chi connectivity index (χ2n) is 5.45. The molecular weight excluding hydrogens is 308 g/mol. The molecule has 0 bridgehead atoms. The average Bonchev–Trinajstić information content (AvgIpc) is 2.91. The highest BCUT2D eigenvalue weighted by molar-refractivity contribution is 6.31. The Morgan fingerprint density at radius 2 is 2.27 bits per heavy atom. The first-order valence-corrected chi connectivity index (χ1v) is 7.66. The third kappa shape index (κ3) is 3.09. The van der Waals surface area contributed by atoms with Gasteiger partial charge in [0.05, 0.1) is 11.0 Å². The Balaban J connectivity index is 1.87. The van der Waals surface area contributed by atoms with Gasteiger partial charge in [-0.3, -0.25) is 10.1 Å². The molecule has 3 rings (SSSR count). The topological polar surface area (TPSA) is 77.4 Å². The van der Waals surface area contributed by atoms with E-state index in [1.165, 1.54) is 6.07 Å². The van der Waals surface area contributed by atoms with Crippen LogP contribution in [0, 0.1) is 10.1 Å². The summed E-state index contributed by atoms with van der Waals surface area (Å²) >= 11 is 5.94. The summed E-state index contributed by atoms with van der Waals surface area (Å²) in [5, 5.41) is 12.2. The zero-order valence-corrected chi connectivity index (χ0v) is 12.9. The van der Waals surface area contributed by atoms with Crippen molar-refractivity contribution in [1.82, 2.24) is 4.98 Å². The molecule has 2 heterocycles. The highest BCUT2D eigenvalue weighted by Crippen LogP contribution is 2.32. The molecular formula is C15H17ClN2O4. The van der Waals surface area contributed by atoms with Gasteiger partial charge in [0.25, 0.3) is 5.69 Å². The summed E-state index contributed by atoms with van der Waals surface area (Å²) < 4.78 is 11.4. The number of nitrogens with one attached hydrogen (secondary N) is 1. The van der Waals surface area contributed by atoms with Crippen molar-refractivity contribution in [2.45, 2.75) is 38.6 Å². The SMILES string of the molecule is CC(OC1CCCCO1)c1cc2cc(Cl)cc([N+](=O)[O-])c2[nH]1. The lowest BCUT2D eigenvalue weighted by Crippen LogP contribution is -2.23. The third-order valence-electron chi connectivity index (χ3n) is 3.82. The second-order valence-corrected chi connectivity index (χ2v) is 5.88. The minimum atomic E-state index is -0.440. The standard InChI is InChI=1S/C15H17ClN2O4/c1-9(22-14-4-2-3-5-21-14)12-7-10-6-11(16)8-13(18(19)20)15(10)17-12/h6-9,14,17H,2-5H2,1H3. The maximum Gasteiger partial charge on any atom is 0.294 e. The molecule has 2 unspecified atom stereocenters. The molecule has 1 aromatic heterocycles. The molecule has 0 spiro atoms. The molecule has 1 aromatic carbocycles. The van der Waals surface area contributed by atoms with E-state index >= 15 is 0 Å². The average molecular weight is 325 g/mol. The largest absolute Gasteiger partial charge is 0.353 e. The van der Waals surface area contributed by atoms with E-state index < -0.39 is 4.92 Å². The Kier molecular flexibility index (Phi) is 4.33. The van der Waals surface area contributed by atoms with Crippen molar-refractivity contribution in [3.05, 3.63) is 39.0 Å². The van der Waals surface area contributed by atoms with E-state index in [1.54, 1.807) is 6.07 Å². The van der Waals surface area contributed by atoms with Gasteiger partial charge in [0.2, 0.25) is 0 Å². The van der Waals surface area contributed by atoms with Crippen LogP contribution in [-0.2, 0) is 9.47 Å². The van der Waals surface area contributed by atoms with Gasteiger partial charge in [-0.2, -0.15) is 0 Å². The van der Waals surface area contributed by atoms with Crippen LogP contribution in [0.4, 0.5) is 5.69 Å². The Bertz CT molecular complexity index is 694. The zero-order chi connectivity index (χ0) is 15.7. The fourth-order valence-electron chi connectivity index (χ4n) is 2.69. The van der Waals surface area contributed by atoms with Gasteiger partial charge in [-0.1, -0.05) is 11.6 Å². The first kappa shape index (κ1) is 15.3. The van der Waals surface area contributed by atoms with Crippen LogP contribution in [-0.4, -0.2) is 22.8 Å². The molecule has 7 heteroatoms. The minimum absolute atomic E-state index is 0.0325. The number of ether oxygens (including phenoxy) is 2. The number of aromatic nitrogens is 1. The summed E-state index contributed by atoms with van der Waals surface area (Å²) in [6.07, 6.45) is 2.56. The predicted molar refractivity (Wildman–Crippen MR) is 83.1 cm³/mol. The van der Waals surface area contributed by atoms with Crippen molar-refractivity contribution in [3.8, 4) is 0 Å². The number of benzene rings is 1. The van der Waals surface area contributed by atoms with E-state index in [9.17, 15) is 10.1 Å². The molecule has 0 amide bonds. The molecule has 2 aromatic rings. The number of non-ortho nitro benzene ring substituents is 1. The van der Waals surface area contributed by atoms with Crippen molar-refractivity contribution in [2.75, 3.05) is 6.61 Å². The van der Waals surface area contributed by atoms with Crippen molar-refractivity contribution in [2.24, 2.45) is 0 Å². The smallest absolute Gasteiger partial charge is 0.294 e. The lowest BCUT2D eigenvalue weighted by atomic mass is 10.2. The van der Waals surface area contributed by atoms with Crippen molar-refractivity contribution >= 4 is 28.2 Å². The van der Waals surface area contributed by atoms with E-state index in [4.69, 9.17) is 21.1 Å². The molecule has 6 nitrogen and oxygen atoms in total. The number of aromatic amines is 1. The minimum Gasteiger partial charge on any atom is -0.353 e. The molecule has 1 saturated heterocycles. The van der Waals surface area contributed by atoms with Crippen LogP contribution >= 0.6 is 11.6 Å². The monoisotopic (exact) mass is 324 g/mol. The maximum absolute atomic E-state index is 11.1. The Morgan fingerprint density at radius 3 is 2.95 bits per heavy atom. The lowest BCUT2D eigenvalue weighted by Gasteiger charge is -2.25. The molecule has 1 aliphatic heterocycles. The number of fused-ring (bicyclic) bond motifs is 1. The number of nitrogens with zero attached hydrogens (tertiary/aromatic N) is 1. The molecule has 118 valence electrons. The molecule has 1 N–H and O–H groups in total. The number of nitro benzene ring substituents is 1. The van der Waals surface area contributed by atoms with E-state index in [2.05, 4.69) is 4.98 Å². The van der Waals surface area contributed by atoms with Gasteiger partial charge < -0.3 is 14.5 Å². The highest BCUT2D eigenvalue weighted by Gasteiger charge is 2.22. The number of rotatable bonds is 4. The number of hydrogen-bond donors (Lipinski definition) is 1. The van der Waals surface area contributed by atoms with Crippen molar-refractivity contribution < 1.29 is 14.4 Å². The van der Waals surface area contributed by atoms with E-state index in [-0.39, 0.29) is 18.1 Å². The van der Waals surface area contributed by atoms with Crippen LogP contribution in [0.1, 0.15) is 38.0 Å². The van der Waals surface area contributed by atoms with Crippen LogP contribution in [0.5, 0.6) is 0 Å². The van der Waals surface area contributed by atoms with Crippen molar-refractivity contribution in [1.29, 1.82) is 0 Å². The van der Waals surface area contributed by atoms with Gasteiger partial charge in [0.15, 0.2) is 6.29 Å². The predicted octanol–water partition coefficient (Wildman–Crippen LogP) is 4.33. The van der Waals surface area contributed by atoms with E-state index in [0.29, 0.717) is 22.5 Å². The fraction of sp³-hybridized carbons (Fsp3) is 0.467. The molecule has 1 fully saturated rings. The van der Waals surface area contributed by atoms with E-state index in [0.717, 1.165) is 25.0 Å². The Morgan fingerprint density at radius 1 is 1.45 bits per heavy atom. The van der Waals surface area contributed by atoms with Crippen LogP contribution in [0.3, 0.4) is 0 Å². The van der Waals surface area contributed by atoms with E-state index in [1.807, 2.05) is 13.0 Å². The van der Waals surface area contributed by atoms with Crippen LogP contribution in [0.2, 0.25) is 5.02 Å². The molecule has 0 radical (unpaired) electrons. The summed E-state index contributed by atoms with van der Waals surface area (Å²) in [4.78, 5) is 13.8. The maximum atomic E-state index is 11.1. The molecule has 0 aliphatic carbocycles. The van der Waals surface area contributed by atoms with Gasteiger partial charge in [0, 0.05) is 28.8 Å². The van der Waals surface area contributed by atoms with Gasteiger partial charge in [0.1, 0.15) is 5.52 Å². The quantitative estimate of drug-likeness (QED) is 0.670. The summed E-state index contributed by atoms with van der Waals surface area (Å²) in [5.74, 6) is 0. The number of nitro groups is 1. The first-order chi connectivity index (χ1) is 10.5. The van der Waals surface area contributed by atoms with Gasteiger partial charge in [-0.25, -0.2) is 0 Å². The molecule has 22 heavy (non-hydrogen) atoms. The summed E-state index contributed by atoms with van der Waals surface area (Å²) in [6.45, 7) is 2.61. The molecule has 0 saturated carbocycles. The number of halogens is 1. The highest BCUT2D eigenvalue weighted by atomic mass is 35.5. The van der Waals surface area contributed by atoms with Gasteiger partial charge in [-0.05, 0) is 38.3 Å². The van der Waals surface area contributed by atoms with Crippen LogP contribution < -0.4 is 0 Å². The summed E-state index contributed by atoms with van der Waals surface area (Å²) in [7, 11) is 0. The van der Waals surface area contributed by atoms with Crippen LogP contribution in [0.25, 0.3) is 10.9 Å². The fourth-order valence-corrected chi connectivity index (χ4v) is 2.91. The number of hydrogen-bond acceptors (Lipinski definition) is 4. The normalized spacial score (nSPS) is 20.2. The summed E-state index contributed by atoms with van der Waals surface area (Å²) in [6, 6.07) is 4.88. The molecule has 2 atom stereocenters. The van der Waals surface area contributed by atoms with Crippen LogP contribution in [0.15, 0.2) is 18.2 Å². The molecule has 1 aliphatic rings. The second kappa shape index (κ2) is 6.24. The number of H-pyrrole nitrogens is 1. The van der Waals surface area contributed by atoms with Crippen molar-refractivity contribution in [3.63, 3.8) is 0 Å². The Hall–Kier alpha value is -1.63. The lowest BCUT2D eigenvalue weighted by molar-refractivity contribution is -0.383. The summed E-state index contributed by atoms with van der Waals surface area (Å²) in [5.41, 5.74) is 1.20. The van der Waals surface area contributed by atoms with Gasteiger partial charge >= 0.3 is 0 Å². The van der Waals surface area contributed by atoms with Gasteiger partial charge in [-0.15, -0.1) is 0 Å². The first-order valence-electron chi connectivity index (χ1n) is 7.28.